The second-order valence-electron chi connectivity index (χ2n) is 3.98. The van der Waals surface area contributed by atoms with Crippen LogP contribution in [0.3, 0.4) is 0 Å². The number of nitrogens with zero attached hydrogens (tertiary/aromatic N) is 1. The quantitative estimate of drug-likeness (QED) is 0.765. The Bertz CT molecular complexity index is 500. The van der Waals surface area contributed by atoms with E-state index in [2.05, 4.69) is 10.3 Å². The smallest absolute Gasteiger partial charge is 0.162 e. The van der Waals surface area contributed by atoms with Crippen molar-refractivity contribution < 1.29 is 4.39 Å². The first-order valence-electron chi connectivity index (χ1n) is 5.02. The molecule has 2 aromatic rings. The van der Waals surface area contributed by atoms with Crippen molar-refractivity contribution in [2.24, 2.45) is 0 Å². The number of aromatic nitrogens is 1. The van der Waals surface area contributed by atoms with Gasteiger partial charge in [0.25, 0.3) is 0 Å². The molecule has 1 N–H and O–H groups in total. The summed E-state index contributed by atoms with van der Waals surface area (Å²) in [5.74, 6) is 0. The van der Waals surface area contributed by atoms with E-state index in [4.69, 9.17) is 0 Å². The Kier molecular flexibility index (Phi) is 1.76. The van der Waals surface area contributed by atoms with Gasteiger partial charge >= 0.3 is 0 Å². The van der Waals surface area contributed by atoms with Gasteiger partial charge in [0.15, 0.2) is 5.67 Å². The van der Waals surface area contributed by atoms with E-state index in [0.717, 1.165) is 10.8 Å². The summed E-state index contributed by atoms with van der Waals surface area (Å²) in [5.41, 5.74) is -0.521. The van der Waals surface area contributed by atoms with Gasteiger partial charge in [-0.15, -0.1) is 0 Å². The summed E-state index contributed by atoms with van der Waals surface area (Å²) in [6.07, 6.45) is 3.41. The zero-order chi connectivity index (χ0) is 10.3. The highest BCUT2D eigenvalue weighted by Gasteiger charge is 2.40. The number of nitrogens with one attached hydrogen (secondary N) is 1. The molecule has 1 aromatic carbocycles. The fraction of sp³-hybridized carbons (Fsp3) is 0.250. The van der Waals surface area contributed by atoms with Crippen LogP contribution in [-0.2, 0) is 5.67 Å². The maximum absolute atomic E-state index is 14.3. The summed E-state index contributed by atoms with van der Waals surface area (Å²) < 4.78 is 14.3. The lowest BCUT2D eigenvalue weighted by Gasteiger charge is -2.35. The number of benzene rings is 1. The van der Waals surface area contributed by atoms with Crippen LogP contribution < -0.4 is 5.32 Å². The van der Waals surface area contributed by atoms with E-state index in [9.17, 15) is 4.39 Å². The Morgan fingerprint density at radius 3 is 2.73 bits per heavy atom. The molecule has 1 fully saturated rings. The number of alkyl halides is 1. The summed E-state index contributed by atoms with van der Waals surface area (Å²) in [6, 6.07) is 7.78. The lowest BCUT2D eigenvalue weighted by Crippen LogP contribution is -2.53. The van der Waals surface area contributed by atoms with Crippen molar-refractivity contribution >= 4 is 10.8 Å². The van der Waals surface area contributed by atoms with Crippen LogP contribution in [0.5, 0.6) is 0 Å². The molecule has 1 aliphatic heterocycles. The van der Waals surface area contributed by atoms with E-state index in [0.29, 0.717) is 18.7 Å². The first-order valence-corrected chi connectivity index (χ1v) is 5.02. The van der Waals surface area contributed by atoms with Gasteiger partial charge in [0.2, 0.25) is 0 Å². The van der Waals surface area contributed by atoms with Crippen molar-refractivity contribution in [1.29, 1.82) is 0 Å². The fourth-order valence-corrected chi connectivity index (χ4v) is 2.01. The number of fused-ring (bicyclic) bond motifs is 1. The Hall–Kier alpha value is -1.48. The summed E-state index contributed by atoms with van der Waals surface area (Å²) in [6.45, 7) is 0.783. The molecule has 2 nitrogen and oxygen atoms in total. The fourth-order valence-electron chi connectivity index (χ4n) is 2.01. The number of pyridine rings is 1. The molecule has 1 aliphatic rings. The predicted molar refractivity (Wildman–Crippen MR) is 57.4 cm³/mol. The minimum atomic E-state index is -1.23. The molecule has 0 spiro atoms. The number of halogens is 1. The maximum Gasteiger partial charge on any atom is 0.162 e. The minimum Gasteiger partial charge on any atom is -0.310 e. The summed E-state index contributed by atoms with van der Waals surface area (Å²) in [4.78, 5) is 4.09. The molecular formula is C12H11FN2. The van der Waals surface area contributed by atoms with E-state index >= 15 is 0 Å². The second-order valence-corrected chi connectivity index (χ2v) is 3.98. The molecule has 2 heterocycles. The van der Waals surface area contributed by atoms with Crippen molar-refractivity contribution in [2.75, 3.05) is 13.1 Å². The van der Waals surface area contributed by atoms with E-state index < -0.39 is 5.67 Å². The first kappa shape index (κ1) is 8.80. The minimum absolute atomic E-state index is 0.392. The highest BCUT2D eigenvalue weighted by molar-refractivity contribution is 5.85. The van der Waals surface area contributed by atoms with Gasteiger partial charge in [-0.2, -0.15) is 0 Å². The van der Waals surface area contributed by atoms with E-state index in [-0.39, 0.29) is 0 Å². The van der Waals surface area contributed by atoms with E-state index in [1.807, 2.05) is 24.3 Å². The molecule has 1 saturated heterocycles. The van der Waals surface area contributed by atoms with Gasteiger partial charge in [-0.25, -0.2) is 4.39 Å². The highest BCUT2D eigenvalue weighted by atomic mass is 19.1. The van der Waals surface area contributed by atoms with Crippen LogP contribution >= 0.6 is 0 Å². The molecule has 0 atom stereocenters. The van der Waals surface area contributed by atoms with E-state index in [1.165, 1.54) is 0 Å². The Morgan fingerprint density at radius 1 is 1.20 bits per heavy atom. The van der Waals surface area contributed by atoms with Crippen LogP contribution in [0.1, 0.15) is 5.56 Å². The van der Waals surface area contributed by atoms with E-state index in [1.54, 1.807) is 12.4 Å². The van der Waals surface area contributed by atoms with Gasteiger partial charge in [0, 0.05) is 36.4 Å². The predicted octanol–water partition coefficient (Wildman–Crippen LogP) is 2.00. The van der Waals surface area contributed by atoms with Gasteiger partial charge in [0.1, 0.15) is 0 Å². The summed E-state index contributed by atoms with van der Waals surface area (Å²) >= 11 is 0. The molecule has 0 aliphatic carbocycles. The highest BCUT2D eigenvalue weighted by Crippen LogP contribution is 2.34. The van der Waals surface area contributed by atoms with Crippen LogP contribution in [0, 0.1) is 0 Å². The van der Waals surface area contributed by atoms with Gasteiger partial charge in [-0.05, 0) is 5.39 Å². The molecule has 15 heavy (non-hydrogen) atoms. The average molecular weight is 202 g/mol. The van der Waals surface area contributed by atoms with Crippen molar-refractivity contribution in [3.63, 3.8) is 0 Å². The molecule has 3 rings (SSSR count). The SMILES string of the molecule is FC1(c2cncc3ccccc23)CNC1. The lowest BCUT2D eigenvalue weighted by molar-refractivity contribution is 0.0905. The Morgan fingerprint density at radius 2 is 2.00 bits per heavy atom. The normalized spacial score (nSPS) is 18.7. The van der Waals surface area contributed by atoms with Crippen molar-refractivity contribution in [2.45, 2.75) is 5.67 Å². The average Bonchev–Trinajstić information content (AvgIpc) is 2.25. The zero-order valence-corrected chi connectivity index (χ0v) is 8.20. The molecule has 0 unspecified atom stereocenters. The Balaban J connectivity index is 2.26. The topological polar surface area (TPSA) is 24.9 Å². The third kappa shape index (κ3) is 1.23. The summed E-state index contributed by atoms with van der Waals surface area (Å²) in [5, 5.41) is 4.93. The summed E-state index contributed by atoms with van der Waals surface area (Å²) in [7, 11) is 0. The third-order valence-electron chi connectivity index (χ3n) is 2.96. The first-order chi connectivity index (χ1) is 7.30. The number of hydrogen-bond acceptors (Lipinski definition) is 2. The van der Waals surface area contributed by atoms with Crippen molar-refractivity contribution in [3.8, 4) is 0 Å². The number of hydrogen-bond donors (Lipinski definition) is 1. The Labute approximate surface area is 87.1 Å². The molecule has 3 heteroatoms. The van der Waals surface area contributed by atoms with Crippen molar-refractivity contribution in [3.05, 3.63) is 42.2 Å². The zero-order valence-electron chi connectivity index (χ0n) is 8.20. The van der Waals surface area contributed by atoms with Gasteiger partial charge in [-0.1, -0.05) is 24.3 Å². The second kappa shape index (κ2) is 3.00. The monoisotopic (exact) mass is 202 g/mol. The van der Waals surface area contributed by atoms with Crippen LogP contribution in [-0.4, -0.2) is 18.1 Å². The molecular weight excluding hydrogens is 191 g/mol. The standard InChI is InChI=1S/C12H11FN2/c13-12(7-15-8-12)11-6-14-5-9-3-1-2-4-10(9)11/h1-6,15H,7-8H2. The number of rotatable bonds is 1. The molecule has 76 valence electrons. The molecule has 0 amide bonds. The third-order valence-corrected chi connectivity index (χ3v) is 2.96. The molecule has 0 radical (unpaired) electrons. The van der Waals surface area contributed by atoms with Gasteiger partial charge in [0.05, 0.1) is 0 Å². The van der Waals surface area contributed by atoms with Crippen LogP contribution in [0.4, 0.5) is 4.39 Å². The van der Waals surface area contributed by atoms with Crippen LogP contribution in [0.25, 0.3) is 10.8 Å². The molecule has 0 saturated carbocycles. The van der Waals surface area contributed by atoms with Gasteiger partial charge in [-0.3, -0.25) is 4.98 Å². The molecule has 1 aromatic heterocycles. The lowest BCUT2D eigenvalue weighted by atomic mass is 9.88. The van der Waals surface area contributed by atoms with Crippen LogP contribution in [0.15, 0.2) is 36.7 Å². The molecule has 0 bridgehead atoms. The largest absolute Gasteiger partial charge is 0.310 e. The van der Waals surface area contributed by atoms with Crippen LogP contribution in [0.2, 0.25) is 0 Å². The van der Waals surface area contributed by atoms with Gasteiger partial charge < -0.3 is 5.32 Å². The van der Waals surface area contributed by atoms with Crippen molar-refractivity contribution in [1.82, 2.24) is 10.3 Å². The maximum atomic E-state index is 14.3.